The summed E-state index contributed by atoms with van der Waals surface area (Å²) in [7, 11) is 1.82. The fourth-order valence-corrected chi connectivity index (χ4v) is 1.90. The molecule has 1 amide bonds. The Morgan fingerprint density at radius 3 is 2.55 bits per heavy atom. The second-order valence-corrected chi connectivity index (χ2v) is 5.41. The van der Waals surface area contributed by atoms with Gasteiger partial charge in [-0.1, -0.05) is 31.8 Å². The molecule has 0 aromatic heterocycles. The van der Waals surface area contributed by atoms with Crippen molar-refractivity contribution in [1.82, 2.24) is 4.90 Å². The maximum Gasteiger partial charge on any atom is 0.255 e. The molecule has 0 spiro atoms. The zero-order valence-corrected chi connectivity index (χ0v) is 12.9. The zero-order chi connectivity index (χ0) is 15.3. The molecule has 0 radical (unpaired) electrons. The van der Waals surface area contributed by atoms with E-state index < -0.39 is 0 Å². The molecule has 0 bridgehead atoms. The Hall–Kier alpha value is -1.79. The van der Waals surface area contributed by atoms with Crippen molar-refractivity contribution in [3.8, 4) is 11.8 Å². The molecule has 0 aliphatic rings. The minimum atomic E-state index is -0.209. The first kappa shape index (κ1) is 16.3. The number of carbonyl (C=O) groups is 1. The molecule has 1 atom stereocenters. The molecule has 108 valence electrons. The number of aliphatic hydroxyl groups is 1. The third-order valence-electron chi connectivity index (χ3n) is 3.60. The van der Waals surface area contributed by atoms with Crippen LogP contribution in [0.4, 0.5) is 0 Å². The van der Waals surface area contributed by atoms with Crippen molar-refractivity contribution in [2.24, 2.45) is 5.92 Å². The summed E-state index contributed by atoms with van der Waals surface area (Å²) in [5.41, 5.74) is 2.31. The summed E-state index contributed by atoms with van der Waals surface area (Å²) < 4.78 is 0. The van der Waals surface area contributed by atoms with Crippen molar-refractivity contribution >= 4 is 5.91 Å². The normalized spacial score (nSPS) is 11.8. The first-order valence-electron chi connectivity index (χ1n) is 6.86. The number of carbonyl (C=O) groups excluding carboxylic acids is 1. The molecule has 0 saturated heterocycles. The van der Waals surface area contributed by atoms with E-state index in [0.717, 1.165) is 5.56 Å². The van der Waals surface area contributed by atoms with Gasteiger partial charge >= 0.3 is 0 Å². The highest BCUT2D eigenvalue weighted by Crippen LogP contribution is 2.16. The van der Waals surface area contributed by atoms with Crippen molar-refractivity contribution in [3.05, 3.63) is 34.9 Å². The molecule has 3 nitrogen and oxygen atoms in total. The third-order valence-corrected chi connectivity index (χ3v) is 3.60. The Bertz CT molecular complexity index is 538. The Kier molecular flexibility index (Phi) is 5.79. The maximum atomic E-state index is 12.6. The first-order chi connectivity index (χ1) is 9.38. The summed E-state index contributed by atoms with van der Waals surface area (Å²) in [5, 5.41) is 8.83. The molecule has 1 rings (SSSR count). The molecule has 0 heterocycles. The molecular formula is C17H23NO2. The highest BCUT2D eigenvalue weighted by atomic mass is 16.2. The van der Waals surface area contributed by atoms with Gasteiger partial charge in [0.15, 0.2) is 0 Å². The van der Waals surface area contributed by atoms with Gasteiger partial charge in [-0.15, -0.1) is 0 Å². The second-order valence-electron chi connectivity index (χ2n) is 5.41. The van der Waals surface area contributed by atoms with E-state index in [1.807, 2.05) is 39.1 Å². The van der Waals surface area contributed by atoms with Crippen LogP contribution in [0.3, 0.4) is 0 Å². The van der Waals surface area contributed by atoms with Gasteiger partial charge in [-0.05, 0) is 37.5 Å². The molecule has 3 heteroatoms. The van der Waals surface area contributed by atoms with Gasteiger partial charge in [0.1, 0.15) is 6.61 Å². The van der Waals surface area contributed by atoms with Gasteiger partial charge in [-0.3, -0.25) is 4.79 Å². The molecule has 1 N–H and O–H groups in total. The maximum absolute atomic E-state index is 12.6. The summed E-state index contributed by atoms with van der Waals surface area (Å²) in [4.78, 5) is 14.3. The van der Waals surface area contributed by atoms with Gasteiger partial charge in [-0.2, -0.15) is 0 Å². The number of hydrogen-bond donors (Lipinski definition) is 1. The Balaban J connectivity index is 3.15. The topological polar surface area (TPSA) is 40.5 Å². The van der Waals surface area contributed by atoms with Gasteiger partial charge in [0, 0.05) is 18.7 Å². The fourth-order valence-electron chi connectivity index (χ4n) is 1.90. The minimum Gasteiger partial charge on any atom is -0.384 e. The monoisotopic (exact) mass is 273 g/mol. The molecule has 0 fully saturated rings. The lowest BCUT2D eigenvalue weighted by Gasteiger charge is -2.28. The van der Waals surface area contributed by atoms with Gasteiger partial charge < -0.3 is 10.0 Å². The summed E-state index contributed by atoms with van der Waals surface area (Å²) in [6.45, 7) is 7.97. The Morgan fingerprint density at radius 2 is 2.00 bits per heavy atom. The lowest BCUT2D eigenvalue weighted by molar-refractivity contribution is 0.0707. The predicted molar refractivity (Wildman–Crippen MR) is 81.5 cm³/mol. The van der Waals surface area contributed by atoms with E-state index in [2.05, 4.69) is 25.7 Å². The molecular weight excluding hydrogens is 250 g/mol. The fraction of sp³-hybridized carbons (Fsp3) is 0.471. The van der Waals surface area contributed by atoms with E-state index in [4.69, 9.17) is 5.11 Å². The standard InChI is InChI=1S/C17H23NO2/c1-12(2)14(4)18(5)17(20)16-9-8-13(3)11-15(16)7-6-10-19/h8-9,11-12,14,19H,10H2,1-5H3. The Morgan fingerprint density at radius 1 is 1.35 bits per heavy atom. The molecule has 0 aliphatic carbocycles. The van der Waals surface area contributed by atoms with E-state index in [0.29, 0.717) is 17.0 Å². The van der Waals surface area contributed by atoms with Crippen LogP contribution in [-0.2, 0) is 0 Å². The SMILES string of the molecule is Cc1ccc(C(=O)N(C)C(C)C(C)C)c(C#CCO)c1. The van der Waals surface area contributed by atoms with Crippen LogP contribution in [0.1, 0.15) is 42.3 Å². The highest BCUT2D eigenvalue weighted by molar-refractivity contribution is 5.96. The second kappa shape index (κ2) is 7.12. The van der Waals surface area contributed by atoms with Gasteiger partial charge in [0.25, 0.3) is 5.91 Å². The molecule has 0 saturated carbocycles. The number of nitrogens with zero attached hydrogens (tertiary/aromatic N) is 1. The zero-order valence-electron chi connectivity index (χ0n) is 12.9. The van der Waals surface area contributed by atoms with Crippen molar-refractivity contribution in [2.45, 2.75) is 33.7 Å². The van der Waals surface area contributed by atoms with Crippen LogP contribution in [0.15, 0.2) is 18.2 Å². The Labute approximate surface area is 121 Å². The van der Waals surface area contributed by atoms with Gasteiger partial charge in [-0.25, -0.2) is 0 Å². The van der Waals surface area contributed by atoms with Crippen LogP contribution in [0.25, 0.3) is 0 Å². The van der Waals surface area contributed by atoms with Crippen molar-refractivity contribution < 1.29 is 9.90 Å². The molecule has 1 aromatic rings. The summed E-state index contributed by atoms with van der Waals surface area (Å²) in [6, 6.07) is 5.75. The van der Waals surface area contributed by atoms with Gasteiger partial charge in [0.2, 0.25) is 0 Å². The summed E-state index contributed by atoms with van der Waals surface area (Å²) >= 11 is 0. The van der Waals surface area contributed by atoms with Gasteiger partial charge in [0.05, 0.1) is 5.56 Å². The van der Waals surface area contributed by atoms with Crippen LogP contribution in [0.5, 0.6) is 0 Å². The van der Waals surface area contributed by atoms with Crippen molar-refractivity contribution in [3.63, 3.8) is 0 Å². The lowest BCUT2D eigenvalue weighted by Crippen LogP contribution is -2.38. The smallest absolute Gasteiger partial charge is 0.255 e. The average Bonchev–Trinajstić information content (AvgIpc) is 2.42. The number of hydrogen-bond acceptors (Lipinski definition) is 2. The number of rotatable bonds is 3. The van der Waals surface area contributed by atoms with E-state index in [-0.39, 0.29) is 18.6 Å². The lowest BCUT2D eigenvalue weighted by atomic mass is 10.0. The summed E-state index contributed by atoms with van der Waals surface area (Å²) in [5.74, 6) is 5.83. The molecule has 20 heavy (non-hydrogen) atoms. The average molecular weight is 273 g/mol. The molecule has 0 aliphatic heterocycles. The first-order valence-corrected chi connectivity index (χ1v) is 6.86. The number of aliphatic hydroxyl groups excluding tert-OH is 1. The molecule has 1 aromatic carbocycles. The predicted octanol–water partition coefficient (Wildman–Crippen LogP) is 2.46. The van der Waals surface area contributed by atoms with Crippen LogP contribution in [0, 0.1) is 24.7 Å². The van der Waals surface area contributed by atoms with E-state index in [1.165, 1.54) is 0 Å². The number of benzene rings is 1. The van der Waals surface area contributed by atoms with Crippen LogP contribution >= 0.6 is 0 Å². The quantitative estimate of drug-likeness (QED) is 0.859. The molecule has 1 unspecified atom stereocenters. The largest absolute Gasteiger partial charge is 0.384 e. The number of aryl methyl sites for hydroxylation is 1. The van der Waals surface area contributed by atoms with Crippen LogP contribution < -0.4 is 0 Å². The summed E-state index contributed by atoms with van der Waals surface area (Å²) in [6.07, 6.45) is 0. The van der Waals surface area contributed by atoms with E-state index in [1.54, 1.807) is 4.90 Å². The highest BCUT2D eigenvalue weighted by Gasteiger charge is 2.21. The number of amides is 1. The van der Waals surface area contributed by atoms with Crippen molar-refractivity contribution in [1.29, 1.82) is 0 Å². The van der Waals surface area contributed by atoms with E-state index >= 15 is 0 Å². The van der Waals surface area contributed by atoms with Crippen molar-refractivity contribution in [2.75, 3.05) is 13.7 Å². The van der Waals surface area contributed by atoms with E-state index in [9.17, 15) is 4.79 Å². The van der Waals surface area contributed by atoms with Crippen LogP contribution in [0.2, 0.25) is 0 Å². The minimum absolute atomic E-state index is 0.0339. The van der Waals surface area contributed by atoms with Crippen LogP contribution in [-0.4, -0.2) is 35.6 Å². The third kappa shape index (κ3) is 3.85.